The standard InChI is InChI=1S/C29H43N3O8/c1-29(2,3)40-28(37)32-24(17-21-10-12-22(13-11-21)39-15-14-38-4)26(34)19-30-18-25(33)23(31-27(35)36)16-20-8-6-5-7-9-20/h5-13,23-26,30-31,33-34H,14-19H2,1-4H3,(H,32,37)(H,35,36)/t23-,24-,25+,26?/m0/s1. The summed E-state index contributed by atoms with van der Waals surface area (Å²) in [5, 5.41) is 39.0. The van der Waals surface area contributed by atoms with Gasteiger partial charge in [-0.15, -0.1) is 0 Å². The largest absolute Gasteiger partial charge is 0.491 e. The third-order valence-electron chi connectivity index (χ3n) is 5.88. The summed E-state index contributed by atoms with van der Waals surface area (Å²) >= 11 is 0. The molecule has 0 saturated carbocycles. The number of carbonyl (C=O) groups is 2. The minimum atomic E-state index is -1.24. The van der Waals surface area contributed by atoms with Crippen LogP contribution in [0.1, 0.15) is 31.9 Å². The van der Waals surface area contributed by atoms with Crippen molar-refractivity contribution in [2.75, 3.05) is 33.4 Å². The molecule has 2 aromatic carbocycles. The van der Waals surface area contributed by atoms with Crippen LogP contribution in [0.15, 0.2) is 54.6 Å². The second-order valence-electron chi connectivity index (χ2n) is 10.5. The lowest BCUT2D eigenvalue weighted by Crippen LogP contribution is -2.52. The van der Waals surface area contributed by atoms with E-state index in [4.69, 9.17) is 14.2 Å². The predicted octanol–water partition coefficient (Wildman–Crippen LogP) is 2.34. The van der Waals surface area contributed by atoms with Crippen molar-refractivity contribution in [3.63, 3.8) is 0 Å². The molecule has 0 aliphatic rings. The van der Waals surface area contributed by atoms with Crippen molar-refractivity contribution in [1.82, 2.24) is 16.0 Å². The van der Waals surface area contributed by atoms with Gasteiger partial charge in [0.25, 0.3) is 0 Å². The van der Waals surface area contributed by atoms with Gasteiger partial charge in [-0.05, 0) is 56.9 Å². The molecule has 1 unspecified atom stereocenters. The van der Waals surface area contributed by atoms with Crippen LogP contribution in [0.3, 0.4) is 0 Å². The van der Waals surface area contributed by atoms with Crippen LogP contribution in [0.2, 0.25) is 0 Å². The number of alkyl carbamates (subject to hydrolysis) is 1. The molecule has 0 saturated heterocycles. The Kier molecular flexibility index (Phi) is 13.7. The highest BCUT2D eigenvalue weighted by atomic mass is 16.6. The molecule has 0 fully saturated rings. The molecule has 11 heteroatoms. The van der Waals surface area contributed by atoms with E-state index in [1.807, 2.05) is 42.5 Å². The molecule has 0 radical (unpaired) electrons. The average molecular weight is 562 g/mol. The maximum Gasteiger partial charge on any atom is 0.407 e. The number of carboxylic acid groups (broad SMARTS) is 1. The first-order valence-corrected chi connectivity index (χ1v) is 13.3. The number of aliphatic hydroxyl groups excluding tert-OH is 2. The molecule has 4 atom stereocenters. The summed E-state index contributed by atoms with van der Waals surface area (Å²) in [6.07, 6.45) is -3.41. The summed E-state index contributed by atoms with van der Waals surface area (Å²) in [7, 11) is 1.60. The van der Waals surface area contributed by atoms with E-state index in [-0.39, 0.29) is 13.1 Å². The van der Waals surface area contributed by atoms with E-state index in [9.17, 15) is 24.9 Å². The lowest BCUT2D eigenvalue weighted by Gasteiger charge is -2.28. The van der Waals surface area contributed by atoms with Gasteiger partial charge in [-0.3, -0.25) is 0 Å². The van der Waals surface area contributed by atoms with Crippen molar-refractivity contribution >= 4 is 12.2 Å². The number of hydrogen-bond acceptors (Lipinski definition) is 8. The number of amides is 2. The van der Waals surface area contributed by atoms with Crippen LogP contribution >= 0.6 is 0 Å². The SMILES string of the molecule is COCCOc1ccc(C[C@H](NC(=O)OC(C)(C)C)C(O)CNC[C@@H](O)[C@H](Cc2ccccc2)NC(=O)O)cc1. The third-order valence-corrected chi connectivity index (χ3v) is 5.88. The number of aliphatic hydroxyl groups is 2. The Labute approximate surface area is 235 Å². The third kappa shape index (κ3) is 13.1. The first-order valence-electron chi connectivity index (χ1n) is 13.3. The molecule has 2 aromatic rings. The fraction of sp³-hybridized carbons (Fsp3) is 0.517. The molecule has 0 aliphatic heterocycles. The highest BCUT2D eigenvalue weighted by Gasteiger charge is 2.26. The lowest BCUT2D eigenvalue weighted by molar-refractivity contribution is 0.0416. The van der Waals surface area contributed by atoms with Gasteiger partial charge in [-0.2, -0.15) is 0 Å². The van der Waals surface area contributed by atoms with Gasteiger partial charge in [-0.25, -0.2) is 9.59 Å². The van der Waals surface area contributed by atoms with Crippen molar-refractivity contribution in [3.05, 3.63) is 65.7 Å². The van der Waals surface area contributed by atoms with Crippen LogP contribution in [0.5, 0.6) is 5.75 Å². The molecule has 0 aliphatic carbocycles. The first-order chi connectivity index (χ1) is 19.0. The summed E-state index contributed by atoms with van der Waals surface area (Å²) in [4.78, 5) is 23.8. The number of ether oxygens (including phenoxy) is 3. The van der Waals surface area contributed by atoms with Gasteiger partial charge in [0.1, 0.15) is 18.0 Å². The maximum atomic E-state index is 12.5. The Morgan fingerprint density at radius 1 is 0.825 bits per heavy atom. The number of rotatable bonds is 16. The van der Waals surface area contributed by atoms with Crippen LogP contribution in [-0.4, -0.2) is 90.8 Å². The van der Waals surface area contributed by atoms with Gasteiger partial charge < -0.3 is 45.5 Å². The molecule has 0 heterocycles. The normalized spacial score (nSPS) is 14.4. The zero-order valence-corrected chi connectivity index (χ0v) is 23.6. The Bertz CT molecular complexity index is 1010. The van der Waals surface area contributed by atoms with E-state index in [1.165, 1.54) is 0 Å². The number of nitrogens with one attached hydrogen (secondary N) is 3. The number of carbonyl (C=O) groups excluding carboxylic acids is 1. The Morgan fingerprint density at radius 3 is 1.90 bits per heavy atom. The lowest BCUT2D eigenvalue weighted by atomic mass is 10.00. The quantitative estimate of drug-likeness (QED) is 0.169. The van der Waals surface area contributed by atoms with E-state index < -0.39 is 42.1 Å². The van der Waals surface area contributed by atoms with Crippen LogP contribution in [0.25, 0.3) is 0 Å². The molecular weight excluding hydrogens is 518 g/mol. The molecule has 6 N–H and O–H groups in total. The van der Waals surface area contributed by atoms with Crippen LogP contribution < -0.4 is 20.7 Å². The van der Waals surface area contributed by atoms with E-state index in [2.05, 4.69) is 16.0 Å². The zero-order chi connectivity index (χ0) is 29.5. The van der Waals surface area contributed by atoms with E-state index in [0.717, 1.165) is 11.1 Å². The molecule has 0 spiro atoms. The van der Waals surface area contributed by atoms with E-state index in [0.29, 0.717) is 31.8 Å². The van der Waals surface area contributed by atoms with Gasteiger partial charge in [0.2, 0.25) is 0 Å². The average Bonchev–Trinajstić information content (AvgIpc) is 2.88. The van der Waals surface area contributed by atoms with Gasteiger partial charge in [-0.1, -0.05) is 42.5 Å². The van der Waals surface area contributed by atoms with Crippen LogP contribution in [0, 0.1) is 0 Å². The Morgan fingerprint density at radius 2 is 1.38 bits per heavy atom. The predicted molar refractivity (Wildman–Crippen MR) is 151 cm³/mol. The zero-order valence-electron chi connectivity index (χ0n) is 23.6. The van der Waals surface area contributed by atoms with Gasteiger partial charge in [0.15, 0.2) is 0 Å². The molecular formula is C29H43N3O8. The number of benzene rings is 2. The van der Waals surface area contributed by atoms with Gasteiger partial charge in [0, 0.05) is 20.2 Å². The summed E-state index contributed by atoms with van der Waals surface area (Å²) in [5.41, 5.74) is 1.01. The van der Waals surface area contributed by atoms with Crippen molar-refractivity contribution < 1.29 is 39.1 Å². The van der Waals surface area contributed by atoms with E-state index in [1.54, 1.807) is 40.0 Å². The van der Waals surface area contributed by atoms with Gasteiger partial charge in [0.05, 0.1) is 30.9 Å². The molecule has 0 aromatic heterocycles. The molecule has 222 valence electrons. The first kappa shape index (κ1) is 32.8. The fourth-order valence-electron chi connectivity index (χ4n) is 3.93. The van der Waals surface area contributed by atoms with Gasteiger partial charge >= 0.3 is 12.2 Å². The summed E-state index contributed by atoms with van der Waals surface area (Å²) < 4.78 is 16.0. The number of methoxy groups -OCH3 is 1. The molecule has 40 heavy (non-hydrogen) atoms. The Balaban J connectivity index is 2.01. The molecule has 2 rings (SSSR count). The van der Waals surface area contributed by atoms with Crippen molar-refractivity contribution in [2.45, 2.75) is 63.5 Å². The van der Waals surface area contributed by atoms with Crippen molar-refractivity contribution in [1.29, 1.82) is 0 Å². The monoisotopic (exact) mass is 561 g/mol. The van der Waals surface area contributed by atoms with Crippen molar-refractivity contribution in [3.8, 4) is 5.75 Å². The smallest absolute Gasteiger partial charge is 0.407 e. The Hall–Kier alpha value is -3.38. The summed E-state index contributed by atoms with van der Waals surface area (Å²) in [5.74, 6) is 0.675. The van der Waals surface area contributed by atoms with E-state index >= 15 is 0 Å². The minimum Gasteiger partial charge on any atom is -0.491 e. The fourth-order valence-corrected chi connectivity index (χ4v) is 3.93. The van der Waals surface area contributed by atoms with Crippen molar-refractivity contribution in [2.24, 2.45) is 0 Å². The second-order valence-corrected chi connectivity index (χ2v) is 10.5. The summed E-state index contributed by atoms with van der Waals surface area (Å²) in [6, 6.07) is 15.1. The molecule has 2 amide bonds. The molecule has 0 bridgehead atoms. The highest BCUT2D eigenvalue weighted by molar-refractivity contribution is 5.68. The second kappa shape index (κ2) is 16.7. The molecule has 11 nitrogen and oxygen atoms in total. The summed E-state index contributed by atoms with van der Waals surface area (Å²) in [6.45, 7) is 6.18. The topological polar surface area (TPSA) is 159 Å². The minimum absolute atomic E-state index is 0.0154. The highest BCUT2D eigenvalue weighted by Crippen LogP contribution is 2.15. The van der Waals surface area contributed by atoms with Crippen LogP contribution in [0.4, 0.5) is 9.59 Å². The number of hydrogen-bond donors (Lipinski definition) is 6. The maximum absolute atomic E-state index is 12.5. The van der Waals surface area contributed by atoms with Crippen LogP contribution in [-0.2, 0) is 22.3 Å².